The highest BCUT2D eigenvalue weighted by molar-refractivity contribution is 5.66. The summed E-state index contributed by atoms with van der Waals surface area (Å²) in [5.41, 5.74) is 3.03. The average molecular weight is 378 g/mol. The maximum Gasteiger partial charge on any atom is 0.229 e. The van der Waals surface area contributed by atoms with E-state index in [1.54, 1.807) is 20.4 Å². The summed E-state index contributed by atoms with van der Waals surface area (Å²) in [7, 11) is 3.23. The molecule has 0 aliphatic heterocycles. The summed E-state index contributed by atoms with van der Waals surface area (Å²) in [6, 6.07) is 15.6. The molecule has 0 saturated heterocycles. The van der Waals surface area contributed by atoms with Gasteiger partial charge in [0.2, 0.25) is 5.95 Å². The van der Waals surface area contributed by atoms with Crippen LogP contribution < -0.4 is 20.1 Å². The van der Waals surface area contributed by atoms with Gasteiger partial charge in [-0.25, -0.2) is 4.98 Å². The van der Waals surface area contributed by atoms with Gasteiger partial charge in [0.15, 0.2) is 0 Å². The molecule has 0 spiro atoms. The molecule has 0 amide bonds. The molecule has 6 nitrogen and oxygen atoms in total. The van der Waals surface area contributed by atoms with Crippen molar-refractivity contribution in [1.29, 1.82) is 0 Å². The van der Waals surface area contributed by atoms with Crippen molar-refractivity contribution >= 4 is 23.1 Å². The monoisotopic (exact) mass is 378 g/mol. The lowest BCUT2D eigenvalue weighted by Crippen LogP contribution is -2.13. The first kappa shape index (κ1) is 19.5. The number of nitrogens with one attached hydrogen (secondary N) is 2. The maximum atomic E-state index is 5.43. The minimum Gasteiger partial charge on any atom is -0.497 e. The lowest BCUT2D eigenvalue weighted by Gasteiger charge is -2.23. The standard InChI is InChI=1S/C22H26N4O2/c1-22(2,3)16-8-6-7-9-17(16)24-20-12-13-23-21(26-20)25-18-11-10-15(27-4)14-19(18)28-5/h6-14H,1-5H3,(H2,23,24,25,26). The number of benzene rings is 2. The molecule has 1 heterocycles. The Balaban J connectivity index is 1.85. The summed E-state index contributed by atoms with van der Waals surface area (Å²) >= 11 is 0. The van der Waals surface area contributed by atoms with Crippen LogP contribution in [0.1, 0.15) is 26.3 Å². The number of methoxy groups -OCH3 is 2. The molecular weight excluding hydrogens is 352 g/mol. The molecule has 0 saturated carbocycles. The van der Waals surface area contributed by atoms with E-state index in [1.165, 1.54) is 5.56 Å². The molecule has 146 valence electrons. The SMILES string of the molecule is COc1ccc(Nc2nccc(Nc3ccccc3C(C)(C)C)n2)c(OC)c1. The van der Waals surface area contributed by atoms with Crippen molar-refractivity contribution in [2.45, 2.75) is 26.2 Å². The van der Waals surface area contributed by atoms with Crippen LogP contribution in [-0.4, -0.2) is 24.2 Å². The zero-order valence-corrected chi connectivity index (χ0v) is 16.9. The van der Waals surface area contributed by atoms with E-state index in [4.69, 9.17) is 9.47 Å². The van der Waals surface area contributed by atoms with E-state index in [-0.39, 0.29) is 5.41 Å². The number of hydrogen-bond acceptors (Lipinski definition) is 6. The van der Waals surface area contributed by atoms with Crippen molar-refractivity contribution in [3.05, 3.63) is 60.3 Å². The van der Waals surface area contributed by atoms with Gasteiger partial charge in [-0.05, 0) is 35.2 Å². The second-order valence-electron chi connectivity index (χ2n) is 7.38. The smallest absolute Gasteiger partial charge is 0.229 e. The number of hydrogen-bond donors (Lipinski definition) is 2. The Bertz CT molecular complexity index is 951. The van der Waals surface area contributed by atoms with Crippen LogP contribution in [0.4, 0.5) is 23.1 Å². The Kier molecular flexibility index (Phi) is 5.68. The minimum atomic E-state index is 0.0220. The Hall–Kier alpha value is -3.28. The molecule has 1 aromatic heterocycles. The van der Waals surface area contributed by atoms with E-state index in [1.807, 2.05) is 30.3 Å². The van der Waals surface area contributed by atoms with E-state index in [9.17, 15) is 0 Å². The molecule has 0 bridgehead atoms. The van der Waals surface area contributed by atoms with E-state index >= 15 is 0 Å². The molecule has 0 fully saturated rings. The molecule has 3 rings (SSSR count). The molecule has 2 aromatic carbocycles. The Morgan fingerprint density at radius 1 is 0.857 bits per heavy atom. The highest BCUT2D eigenvalue weighted by atomic mass is 16.5. The summed E-state index contributed by atoms with van der Waals surface area (Å²) < 4.78 is 10.7. The lowest BCUT2D eigenvalue weighted by molar-refractivity contribution is 0.395. The van der Waals surface area contributed by atoms with Gasteiger partial charge >= 0.3 is 0 Å². The van der Waals surface area contributed by atoms with E-state index in [0.717, 1.165) is 17.1 Å². The Morgan fingerprint density at radius 3 is 2.36 bits per heavy atom. The molecule has 0 atom stereocenters. The summed E-state index contributed by atoms with van der Waals surface area (Å²) in [5, 5.41) is 6.61. The molecule has 3 aromatic rings. The fourth-order valence-electron chi connectivity index (χ4n) is 2.89. The molecule has 0 aliphatic rings. The molecular formula is C22H26N4O2. The largest absolute Gasteiger partial charge is 0.497 e. The van der Waals surface area contributed by atoms with Crippen LogP contribution in [0.5, 0.6) is 11.5 Å². The third kappa shape index (κ3) is 4.52. The van der Waals surface area contributed by atoms with Gasteiger partial charge in [-0.2, -0.15) is 4.98 Å². The molecule has 0 radical (unpaired) electrons. The van der Waals surface area contributed by atoms with Gasteiger partial charge < -0.3 is 20.1 Å². The first-order valence-electron chi connectivity index (χ1n) is 9.09. The Labute approximate surface area is 166 Å². The van der Waals surface area contributed by atoms with Crippen LogP contribution in [0, 0.1) is 0 Å². The lowest BCUT2D eigenvalue weighted by atomic mass is 9.86. The molecule has 0 aliphatic carbocycles. The van der Waals surface area contributed by atoms with Gasteiger partial charge in [-0.3, -0.25) is 0 Å². The van der Waals surface area contributed by atoms with Crippen LogP contribution in [0.3, 0.4) is 0 Å². The maximum absolute atomic E-state index is 5.43. The quantitative estimate of drug-likeness (QED) is 0.608. The fraction of sp³-hybridized carbons (Fsp3) is 0.273. The van der Waals surface area contributed by atoms with Gasteiger partial charge in [0.05, 0.1) is 19.9 Å². The summed E-state index contributed by atoms with van der Waals surface area (Å²) in [4.78, 5) is 8.90. The van der Waals surface area contributed by atoms with Crippen molar-refractivity contribution in [3.63, 3.8) is 0 Å². The van der Waals surface area contributed by atoms with Crippen LogP contribution in [0.2, 0.25) is 0 Å². The number of para-hydroxylation sites is 1. The second kappa shape index (κ2) is 8.17. The van der Waals surface area contributed by atoms with Gasteiger partial charge in [0.25, 0.3) is 0 Å². The Morgan fingerprint density at radius 2 is 1.64 bits per heavy atom. The number of ether oxygens (including phenoxy) is 2. The number of aromatic nitrogens is 2. The van der Waals surface area contributed by atoms with Gasteiger partial charge in [-0.1, -0.05) is 39.0 Å². The number of nitrogens with zero attached hydrogens (tertiary/aromatic N) is 2. The third-order valence-electron chi connectivity index (χ3n) is 4.31. The number of rotatable bonds is 6. The average Bonchev–Trinajstić information content (AvgIpc) is 2.68. The highest BCUT2D eigenvalue weighted by Gasteiger charge is 2.17. The molecule has 2 N–H and O–H groups in total. The first-order valence-corrected chi connectivity index (χ1v) is 9.09. The van der Waals surface area contributed by atoms with Crippen molar-refractivity contribution in [2.24, 2.45) is 0 Å². The van der Waals surface area contributed by atoms with E-state index in [2.05, 4.69) is 59.6 Å². The van der Waals surface area contributed by atoms with Gasteiger partial charge in [0, 0.05) is 18.0 Å². The topological polar surface area (TPSA) is 68.3 Å². The van der Waals surface area contributed by atoms with Crippen molar-refractivity contribution in [1.82, 2.24) is 9.97 Å². The van der Waals surface area contributed by atoms with E-state index in [0.29, 0.717) is 17.5 Å². The third-order valence-corrected chi connectivity index (χ3v) is 4.31. The summed E-state index contributed by atoms with van der Waals surface area (Å²) in [6.07, 6.45) is 1.72. The van der Waals surface area contributed by atoms with Crippen LogP contribution in [0.25, 0.3) is 0 Å². The number of anilines is 4. The highest BCUT2D eigenvalue weighted by Crippen LogP contribution is 2.32. The fourth-order valence-corrected chi connectivity index (χ4v) is 2.89. The van der Waals surface area contributed by atoms with Crippen molar-refractivity contribution < 1.29 is 9.47 Å². The van der Waals surface area contributed by atoms with E-state index < -0.39 is 0 Å². The molecule has 0 unspecified atom stereocenters. The van der Waals surface area contributed by atoms with Crippen LogP contribution in [-0.2, 0) is 5.41 Å². The predicted octanol–water partition coefficient (Wildman–Crippen LogP) is 5.28. The summed E-state index contributed by atoms with van der Waals surface area (Å²) in [6.45, 7) is 6.57. The molecule has 28 heavy (non-hydrogen) atoms. The van der Waals surface area contributed by atoms with Gasteiger partial charge in [0.1, 0.15) is 17.3 Å². The predicted molar refractivity (Wildman–Crippen MR) is 113 cm³/mol. The molecule has 6 heteroatoms. The first-order chi connectivity index (χ1) is 13.4. The van der Waals surface area contributed by atoms with Crippen LogP contribution >= 0.6 is 0 Å². The zero-order chi connectivity index (χ0) is 20.1. The van der Waals surface area contributed by atoms with Gasteiger partial charge in [-0.15, -0.1) is 0 Å². The normalized spacial score (nSPS) is 11.0. The van der Waals surface area contributed by atoms with Crippen LogP contribution in [0.15, 0.2) is 54.7 Å². The van der Waals surface area contributed by atoms with Crippen molar-refractivity contribution in [3.8, 4) is 11.5 Å². The van der Waals surface area contributed by atoms with Crippen molar-refractivity contribution in [2.75, 3.05) is 24.9 Å². The second-order valence-corrected chi connectivity index (χ2v) is 7.38. The minimum absolute atomic E-state index is 0.0220. The summed E-state index contributed by atoms with van der Waals surface area (Å²) in [5.74, 6) is 2.56. The zero-order valence-electron chi connectivity index (χ0n) is 16.9.